The van der Waals surface area contributed by atoms with Gasteiger partial charge in [0.1, 0.15) is 12.4 Å². The van der Waals surface area contributed by atoms with Crippen LogP contribution in [0.4, 0.5) is 0 Å². The van der Waals surface area contributed by atoms with E-state index in [-0.39, 0.29) is 18.4 Å². The van der Waals surface area contributed by atoms with Gasteiger partial charge in [-0.2, -0.15) is 0 Å². The van der Waals surface area contributed by atoms with E-state index in [0.717, 1.165) is 28.9 Å². The van der Waals surface area contributed by atoms with Crippen LogP contribution in [0.3, 0.4) is 0 Å². The first-order chi connectivity index (χ1) is 10.1. The van der Waals surface area contributed by atoms with Crippen molar-refractivity contribution in [2.75, 3.05) is 6.54 Å². The van der Waals surface area contributed by atoms with E-state index in [1.807, 2.05) is 18.2 Å². The van der Waals surface area contributed by atoms with E-state index in [2.05, 4.69) is 38.1 Å². The van der Waals surface area contributed by atoms with Gasteiger partial charge in [0.25, 0.3) is 0 Å². The summed E-state index contributed by atoms with van der Waals surface area (Å²) in [5.74, 6) is 0.947. The molecule has 3 nitrogen and oxygen atoms in total. The van der Waals surface area contributed by atoms with Crippen LogP contribution in [0.5, 0.6) is 5.75 Å². The molecule has 0 bridgehead atoms. The van der Waals surface area contributed by atoms with Crippen LogP contribution in [0.15, 0.2) is 42.5 Å². The first kappa shape index (κ1) is 18.5. The Balaban J connectivity index is 0.00000242. The molecule has 4 heteroatoms. The van der Waals surface area contributed by atoms with Crippen LogP contribution in [0.1, 0.15) is 34.7 Å². The zero-order valence-corrected chi connectivity index (χ0v) is 14.0. The highest BCUT2D eigenvalue weighted by Crippen LogP contribution is 2.28. The summed E-state index contributed by atoms with van der Waals surface area (Å²) < 4.78 is 5.98. The number of halogens is 1. The number of nitrogens with two attached hydrogens (primary N) is 2. The predicted molar refractivity (Wildman–Crippen MR) is 94.5 cm³/mol. The summed E-state index contributed by atoms with van der Waals surface area (Å²) in [6.07, 6.45) is 0.795. The van der Waals surface area contributed by atoms with Crippen LogP contribution in [0.2, 0.25) is 0 Å². The molecule has 0 saturated carbocycles. The third-order valence-corrected chi connectivity index (χ3v) is 3.61. The molecule has 0 fully saturated rings. The summed E-state index contributed by atoms with van der Waals surface area (Å²) >= 11 is 0. The lowest BCUT2D eigenvalue weighted by Gasteiger charge is -2.17. The molecule has 0 aliphatic rings. The fourth-order valence-corrected chi connectivity index (χ4v) is 2.50. The Bertz CT molecular complexity index is 564. The Kier molecular flexibility index (Phi) is 7.39. The topological polar surface area (TPSA) is 61.3 Å². The van der Waals surface area contributed by atoms with Gasteiger partial charge in [0.05, 0.1) is 0 Å². The maximum atomic E-state index is 6.14. The summed E-state index contributed by atoms with van der Waals surface area (Å²) in [7, 11) is 0. The van der Waals surface area contributed by atoms with Crippen molar-refractivity contribution in [3.05, 3.63) is 64.7 Å². The van der Waals surface area contributed by atoms with Gasteiger partial charge in [-0.25, -0.2) is 0 Å². The van der Waals surface area contributed by atoms with Crippen molar-refractivity contribution in [2.45, 2.75) is 32.9 Å². The molecule has 0 aliphatic carbocycles. The number of rotatable bonds is 6. The van der Waals surface area contributed by atoms with E-state index < -0.39 is 0 Å². The van der Waals surface area contributed by atoms with Gasteiger partial charge in [-0.15, -0.1) is 12.4 Å². The zero-order valence-electron chi connectivity index (χ0n) is 13.2. The Labute approximate surface area is 139 Å². The van der Waals surface area contributed by atoms with Crippen LogP contribution in [-0.4, -0.2) is 6.54 Å². The Morgan fingerprint density at radius 3 is 2.18 bits per heavy atom. The third kappa shape index (κ3) is 4.73. The van der Waals surface area contributed by atoms with Gasteiger partial charge in [0.2, 0.25) is 0 Å². The van der Waals surface area contributed by atoms with Gasteiger partial charge < -0.3 is 16.2 Å². The molecule has 22 heavy (non-hydrogen) atoms. The summed E-state index contributed by atoms with van der Waals surface area (Å²) in [5, 5.41) is 0. The molecule has 2 rings (SSSR count). The lowest BCUT2D eigenvalue weighted by molar-refractivity contribution is 0.302. The molecule has 1 atom stereocenters. The van der Waals surface area contributed by atoms with Crippen molar-refractivity contribution in [1.29, 1.82) is 0 Å². The monoisotopic (exact) mass is 320 g/mol. The van der Waals surface area contributed by atoms with Gasteiger partial charge in [0.15, 0.2) is 0 Å². The lowest BCUT2D eigenvalue weighted by Crippen LogP contribution is -2.15. The van der Waals surface area contributed by atoms with Crippen molar-refractivity contribution in [3.8, 4) is 5.75 Å². The van der Waals surface area contributed by atoms with Crippen molar-refractivity contribution in [2.24, 2.45) is 11.5 Å². The van der Waals surface area contributed by atoms with E-state index in [1.165, 1.54) is 5.56 Å². The minimum Gasteiger partial charge on any atom is -0.488 e. The summed E-state index contributed by atoms with van der Waals surface area (Å²) in [5.41, 5.74) is 16.2. The molecule has 0 aromatic heterocycles. The second-order valence-electron chi connectivity index (χ2n) is 5.44. The number of aryl methyl sites for hydroxylation is 2. The molecular weight excluding hydrogens is 296 g/mol. The molecule has 2 aromatic carbocycles. The maximum absolute atomic E-state index is 6.14. The molecule has 0 amide bonds. The zero-order chi connectivity index (χ0) is 15.2. The van der Waals surface area contributed by atoms with E-state index in [4.69, 9.17) is 16.2 Å². The van der Waals surface area contributed by atoms with Gasteiger partial charge in [-0.05, 0) is 49.1 Å². The van der Waals surface area contributed by atoms with Gasteiger partial charge in [-0.3, -0.25) is 0 Å². The van der Waals surface area contributed by atoms with Crippen molar-refractivity contribution < 1.29 is 4.74 Å². The van der Waals surface area contributed by atoms with Crippen LogP contribution in [0, 0.1) is 13.8 Å². The molecule has 0 unspecified atom stereocenters. The summed E-state index contributed by atoms with van der Waals surface area (Å²) in [6, 6.07) is 14.4. The van der Waals surface area contributed by atoms with Crippen molar-refractivity contribution >= 4 is 12.4 Å². The molecule has 120 valence electrons. The quantitative estimate of drug-likeness (QED) is 0.854. The fourth-order valence-electron chi connectivity index (χ4n) is 2.50. The van der Waals surface area contributed by atoms with E-state index in [0.29, 0.717) is 13.2 Å². The summed E-state index contributed by atoms with van der Waals surface area (Å²) in [4.78, 5) is 0. The minimum atomic E-state index is -0.00410. The average Bonchev–Trinajstić information content (AvgIpc) is 2.47. The Morgan fingerprint density at radius 1 is 1.05 bits per heavy atom. The van der Waals surface area contributed by atoms with Crippen LogP contribution in [-0.2, 0) is 6.61 Å². The molecular formula is C18H25ClN2O. The SMILES string of the molecule is Cc1cc([C@@H](N)CCN)cc(C)c1OCc1ccccc1.Cl. The van der Waals surface area contributed by atoms with Gasteiger partial charge >= 0.3 is 0 Å². The smallest absolute Gasteiger partial charge is 0.125 e. The first-order valence-corrected chi connectivity index (χ1v) is 7.35. The average molecular weight is 321 g/mol. The predicted octanol–water partition coefficient (Wildman–Crippen LogP) is 3.65. The highest BCUT2D eigenvalue weighted by Gasteiger charge is 2.11. The number of ether oxygens (including phenoxy) is 1. The molecule has 4 N–H and O–H groups in total. The Morgan fingerprint density at radius 2 is 1.64 bits per heavy atom. The molecule has 0 radical (unpaired) electrons. The summed E-state index contributed by atoms with van der Waals surface area (Å²) in [6.45, 7) is 5.31. The van der Waals surface area contributed by atoms with E-state index in [9.17, 15) is 0 Å². The molecule has 2 aromatic rings. The number of hydrogen-bond acceptors (Lipinski definition) is 3. The molecule has 0 heterocycles. The maximum Gasteiger partial charge on any atom is 0.125 e. The van der Waals surface area contributed by atoms with Crippen LogP contribution < -0.4 is 16.2 Å². The number of hydrogen-bond donors (Lipinski definition) is 2. The van der Waals surface area contributed by atoms with Gasteiger partial charge in [-0.1, -0.05) is 42.5 Å². The molecule has 0 aliphatic heterocycles. The second kappa shape index (κ2) is 8.79. The largest absolute Gasteiger partial charge is 0.488 e. The van der Waals surface area contributed by atoms with E-state index in [1.54, 1.807) is 0 Å². The second-order valence-corrected chi connectivity index (χ2v) is 5.44. The van der Waals surface area contributed by atoms with E-state index >= 15 is 0 Å². The molecule has 0 saturated heterocycles. The minimum absolute atomic E-state index is 0. The first-order valence-electron chi connectivity index (χ1n) is 7.35. The normalized spacial score (nSPS) is 11.6. The van der Waals surface area contributed by atoms with Gasteiger partial charge in [0, 0.05) is 6.04 Å². The van der Waals surface area contributed by atoms with Crippen molar-refractivity contribution in [1.82, 2.24) is 0 Å². The lowest BCUT2D eigenvalue weighted by atomic mass is 9.99. The third-order valence-electron chi connectivity index (χ3n) is 3.61. The highest BCUT2D eigenvalue weighted by atomic mass is 35.5. The Hall–Kier alpha value is -1.55. The highest BCUT2D eigenvalue weighted by molar-refractivity contribution is 5.85. The van der Waals surface area contributed by atoms with Crippen LogP contribution >= 0.6 is 12.4 Å². The van der Waals surface area contributed by atoms with Crippen LogP contribution in [0.25, 0.3) is 0 Å². The molecule has 0 spiro atoms. The van der Waals surface area contributed by atoms with Crippen molar-refractivity contribution in [3.63, 3.8) is 0 Å². The standard InChI is InChI=1S/C18H24N2O.ClH/c1-13-10-16(17(20)8-9-19)11-14(2)18(13)21-12-15-6-4-3-5-7-15;/h3-7,10-11,17H,8-9,12,19-20H2,1-2H3;1H/t17-;/m0./s1. The number of benzene rings is 2. The fraction of sp³-hybridized carbons (Fsp3) is 0.333.